The highest BCUT2D eigenvalue weighted by atomic mass is 16.5. The molecular weight excluding hydrogens is 312 g/mol. The van der Waals surface area contributed by atoms with Gasteiger partial charge in [0.25, 0.3) is 5.91 Å². The summed E-state index contributed by atoms with van der Waals surface area (Å²) < 4.78 is 7.01. The summed E-state index contributed by atoms with van der Waals surface area (Å²) in [7, 11) is 1.65. The molecule has 0 amide bonds. The second-order valence-electron chi connectivity index (χ2n) is 5.69. The number of fused-ring (bicyclic) bond motifs is 1. The first-order valence-electron chi connectivity index (χ1n) is 7.98. The molecule has 0 aliphatic rings. The zero-order valence-electron chi connectivity index (χ0n) is 13.7. The number of pyridine rings is 1. The van der Waals surface area contributed by atoms with Crippen LogP contribution < -0.4 is 4.74 Å². The van der Waals surface area contributed by atoms with E-state index in [1.54, 1.807) is 36.2 Å². The lowest BCUT2D eigenvalue weighted by atomic mass is 10.1. The molecule has 4 heteroatoms. The quantitative estimate of drug-likeness (QED) is 0.560. The molecule has 0 fully saturated rings. The van der Waals surface area contributed by atoms with Crippen LogP contribution in [0.3, 0.4) is 0 Å². The van der Waals surface area contributed by atoms with Crippen molar-refractivity contribution in [2.45, 2.75) is 0 Å². The van der Waals surface area contributed by atoms with Crippen molar-refractivity contribution in [2.24, 2.45) is 0 Å². The molecule has 0 saturated carbocycles. The Labute approximate surface area is 145 Å². The summed E-state index contributed by atoms with van der Waals surface area (Å²) >= 11 is 0. The van der Waals surface area contributed by atoms with E-state index < -0.39 is 0 Å². The molecule has 0 spiro atoms. The first-order chi connectivity index (χ1) is 12.3. The van der Waals surface area contributed by atoms with Gasteiger partial charge in [-0.25, -0.2) is 4.98 Å². The number of carbonyl (C=O) groups is 1. The second kappa shape index (κ2) is 6.24. The van der Waals surface area contributed by atoms with Gasteiger partial charge in [0.1, 0.15) is 11.4 Å². The van der Waals surface area contributed by atoms with E-state index in [1.165, 1.54) is 0 Å². The third-order valence-electron chi connectivity index (χ3n) is 4.18. The Bertz CT molecular complexity index is 1050. The lowest BCUT2D eigenvalue weighted by Gasteiger charge is -2.08. The predicted octanol–water partition coefficient (Wildman–Crippen LogP) is 4.40. The lowest BCUT2D eigenvalue weighted by Crippen LogP contribution is -2.11. The molecule has 0 N–H and O–H groups in total. The average molecular weight is 328 g/mol. The van der Waals surface area contributed by atoms with Crippen LogP contribution in [0.1, 0.15) is 10.4 Å². The number of aromatic nitrogens is 2. The van der Waals surface area contributed by atoms with Crippen molar-refractivity contribution in [1.82, 2.24) is 9.55 Å². The SMILES string of the molecule is COc1ccccc1-c1cnc2c(ccn2C(=O)c2ccccc2)c1. The number of hydrogen-bond donors (Lipinski definition) is 0. The molecule has 0 radical (unpaired) electrons. The summed E-state index contributed by atoms with van der Waals surface area (Å²) in [5, 5.41) is 0.910. The van der Waals surface area contributed by atoms with Crippen molar-refractivity contribution >= 4 is 16.9 Å². The minimum atomic E-state index is -0.0897. The van der Waals surface area contributed by atoms with Gasteiger partial charge in [0.2, 0.25) is 0 Å². The molecule has 4 aromatic rings. The van der Waals surface area contributed by atoms with E-state index in [9.17, 15) is 4.79 Å². The van der Waals surface area contributed by atoms with E-state index in [1.807, 2.05) is 54.6 Å². The number of benzene rings is 2. The monoisotopic (exact) mass is 328 g/mol. The maximum Gasteiger partial charge on any atom is 0.263 e. The number of rotatable bonds is 3. The summed E-state index contributed by atoms with van der Waals surface area (Å²) in [6.45, 7) is 0. The molecule has 4 nitrogen and oxygen atoms in total. The fraction of sp³-hybridized carbons (Fsp3) is 0.0476. The van der Waals surface area contributed by atoms with E-state index in [0.717, 1.165) is 22.3 Å². The topological polar surface area (TPSA) is 44.1 Å². The van der Waals surface area contributed by atoms with Crippen LogP contribution in [-0.2, 0) is 0 Å². The van der Waals surface area contributed by atoms with Crippen molar-refractivity contribution in [3.05, 3.63) is 84.7 Å². The molecule has 0 saturated heterocycles. The number of para-hydroxylation sites is 1. The summed E-state index contributed by atoms with van der Waals surface area (Å²) in [5.41, 5.74) is 3.21. The molecule has 2 aromatic carbocycles. The molecule has 2 aromatic heterocycles. The molecule has 0 atom stereocenters. The molecular formula is C21H16N2O2. The first-order valence-corrected chi connectivity index (χ1v) is 7.98. The van der Waals surface area contributed by atoms with Crippen LogP contribution >= 0.6 is 0 Å². The van der Waals surface area contributed by atoms with Crippen LogP contribution in [-0.4, -0.2) is 22.6 Å². The number of methoxy groups -OCH3 is 1. The highest BCUT2D eigenvalue weighted by molar-refractivity contribution is 6.01. The van der Waals surface area contributed by atoms with Crippen LogP contribution in [0.25, 0.3) is 22.2 Å². The van der Waals surface area contributed by atoms with E-state index in [-0.39, 0.29) is 5.91 Å². The Morgan fingerprint density at radius 1 is 1.00 bits per heavy atom. The van der Waals surface area contributed by atoms with Crippen molar-refractivity contribution in [2.75, 3.05) is 7.11 Å². The van der Waals surface area contributed by atoms with Crippen molar-refractivity contribution in [3.8, 4) is 16.9 Å². The zero-order chi connectivity index (χ0) is 17.2. The molecule has 122 valence electrons. The fourth-order valence-corrected chi connectivity index (χ4v) is 2.94. The molecule has 0 unspecified atom stereocenters. The molecule has 0 aliphatic carbocycles. The van der Waals surface area contributed by atoms with Gasteiger partial charge in [-0.15, -0.1) is 0 Å². The van der Waals surface area contributed by atoms with Crippen LogP contribution in [0, 0.1) is 0 Å². The van der Waals surface area contributed by atoms with E-state index >= 15 is 0 Å². The van der Waals surface area contributed by atoms with Crippen molar-refractivity contribution in [3.63, 3.8) is 0 Å². The Morgan fingerprint density at radius 3 is 2.56 bits per heavy atom. The van der Waals surface area contributed by atoms with Gasteiger partial charge < -0.3 is 4.74 Å². The van der Waals surface area contributed by atoms with E-state index in [2.05, 4.69) is 4.98 Å². The van der Waals surface area contributed by atoms with Gasteiger partial charge in [-0.05, 0) is 30.3 Å². The van der Waals surface area contributed by atoms with Crippen LogP contribution in [0.5, 0.6) is 5.75 Å². The Hall–Kier alpha value is -3.40. The largest absolute Gasteiger partial charge is 0.496 e. The molecule has 2 heterocycles. The van der Waals surface area contributed by atoms with Gasteiger partial charge in [0.15, 0.2) is 0 Å². The third-order valence-corrected chi connectivity index (χ3v) is 4.18. The Balaban J connectivity index is 1.78. The van der Waals surface area contributed by atoms with Gasteiger partial charge in [-0.1, -0.05) is 36.4 Å². The van der Waals surface area contributed by atoms with Crippen molar-refractivity contribution < 1.29 is 9.53 Å². The lowest BCUT2D eigenvalue weighted by molar-refractivity contribution is 0.0964. The average Bonchev–Trinajstić information content (AvgIpc) is 3.11. The molecule has 25 heavy (non-hydrogen) atoms. The highest BCUT2D eigenvalue weighted by Crippen LogP contribution is 2.31. The maximum atomic E-state index is 12.7. The van der Waals surface area contributed by atoms with Crippen LogP contribution in [0.15, 0.2) is 79.1 Å². The van der Waals surface area contributed by atoms with Gasteiger partial charge in [0.05, 0.1) is 7.11 Å². The standard InChI is InChI=1S/C21H16N2O2/c1-25-19-10-6-5-9-18(19)17-13-16-11-12-23(20(16)22-14-17)21(24)15-7-3-2-4-8-15/h2-14H,1H3. The van der Waals surface area contributed by atoms with E-state index in [4.69, 9.17) is 4.74 Å². The second-order valence-corrected chi connectivity index (χ2v) is 5.69. The fourth-order valence-electron chi connectivity index (χ4n) is 2.94. The molecule has 4 rings (SSSR count). The van der Waals surface area contributed by atoms with Gasteiger partial charge >= 0.3 is 0 Å². The van der Waals surface area contributed by atoms with Crippen LogP contribution in [0.2, 0.25) is 0 Å². The Kier molecular flexibility index (Phi) is 3.78. The first kappa shape index (κ1) is 15.1. The van der Waals surface area contributed by atoms with Crippen LogP contribution in [0.4, 0.5) is 0 Å². The summed E-state index contributed by atoms with van der Waals surface area (Å²) in [6.07, 6.45) is 3.54. The van der Waals surface area contributed by atoms with Gasteiger partial charge in [0, 0.05) is 34.5 Å². The zero-order valence-corrected chi connectivity index (χ0v) is 13.7. The Morgan fingerprint density at radius 2 is 1.76 bits per heavy atom. The predicted molar refractivity (Wildman–Crippen MR) is 97.9 cm³/mol. The summed E-state index contributed by atoms with van der Waals surface area (Å²) in [6, 6.07) is 20.9. The molecule has 0 aliphatic heterocycles. The number of carbonyl (C=O) groups excluding carboxylic acids is 1. The minimum Gasteiger partial charge on any atom is -0.496 e. The van der Waals surface area contributed by atoms with Gasteiger partial charge in [-0.2, -0.15) is 0 Å². The number of hydrogen-bond acceptors (Lipinski definition) is 3. The van der Waals surface area contributed by atoms with Crippen molar-refractivity contribution in [1.29, 1.82) is 0 Å². The highest BCUT2D eigenvalue weighted by Gasteiger charge is 2.13. The molecule has 0 bridgehead atoms. The number of nitrogens with zero attached hydrogens (tertiary/aromatic N) is 2. The van der Waals surface area contributed by atoms with Gasteiger partial charge in [-0.3, -0.25) is 9.36 Å². The summed E-state index contributed by atoms with van der Waals surface area (Å²) in [5.74, 6) is 0.705. The summed E-state index contributed by atoms with van der Waals surface area (Å²) in [4.78, 5) is 17.2. The normalized spacial score (nSPS) is 10.8. The maximum absolute atomic E-state index is 12.7. The third kappa shape index (κ3) is 2.68. The minimum absolute atomic E-state index is 0.0897. The van der Waals surface area contributed by atoms with E-state index in [0.29, 0.717) is 11.2 Å². The number of ether oxygens (including phenoxy) is 1. The smallest absolute Gasteiger partial charge is 0.263 e.